The van der Waals surface area contributed by atoms with Gasteiger partial charge in [-0.3, -0.25) is 4.79 Å². The number of benzene rings is 1. The molecule has 1 rings (SSSR count). The maximum atomic E-state index is 12.0. The van der Waals surface area contributed by atoms with Crippen LogP contribution in [0.3, 0.4) is 0 Å². The molecule has 0 fully saturated rings. The van der Waals surface area contributed by atoms with Crippen molar-refractivity contribution < 1.29 is 22.7 Å². The average molecular weight is 232 g/mol. The van der Waals surface area contributed by atoms with Crippen LogP contribution < -0.4 is 0 Å². The summed E-state index contributed by atoms with van der Waals surface area (Å²) in [5, 5.41) is 0. The fourth-order valence-electron chi connectivity index (χ4n) is 1.10. The summed E-state index contributed by atoms with van der Waals surface area (Å²) in [5.74, 6) is -1.86. The van der Waals surface area contributed by atoms with E-state index in [2.05, 4.69) is 0 Å². The van der Waals surface area contributed by atoms with Crippen LogP contribution in [0.2, 0.25) is 0 Å². The van der Waals surface area contributed by atoms with Gasteiger partial charge in [-0.2, -0.15) is 13.2 Å². The lowest BCUT2D eigenvalue weighted by atomic mass is 10.2. The van der Waals surface area contributed by atoms with Gasteiger partial charge < -0.3 is 4.74 Å². The predicted octanol–water partition coefficient (Wildman–Crippen LogP) is 2.72. The van der Waals surface area contributed by atoms with E-state index in [-0.39, 0.29) is 6.61 Å². The Morgan fingerprint density at radius 3 is 2.38 bits per heavy atom. The van der Waals surface area contributed by atoms with E-state index in [0.717, 1.165) is 12.5 Å². The summed E-state index contributed by atoms with van der Waals surface area (Å²) < 4.78 is 40.8. The first-order valence-corrected chi connectivity index (χ1v) is 4.68. The van der Waals surface area contributed by atoms with Crippen LogP contribution in [0.1, 0.15) is 12.5 Å². The van der Waals surface area contributed by atoms with Crippen LogP contribution in [-0.2, 0) is 16.1 Å². The van der Waals surface area contributed by atoms with Gasteiger partial charge in [0.2, 0.25) is 0 Å². The molecule has 0 radical (unpaired) electrons. The molecule has 2 nitrogen and oxygen atoms in total. The number of ether oxygens (including phenoxy) is 1. The molecule has 16 heavy (non-hydrogen) atoms. The fraction of sp³-hybridized carbons (Fsp3) is 0.364. The predicted molar refractivity (Wildman–Crippen MR) is 51.8 cm³/mol. The monoisotopic (exact) mass is 232 g/mol. The van der Waals surface area contributed by atoms with Gasteiger partial charge in [-0.05, 0) is 12.5 Å². The number of rotatable bonds is 4. The van der Waals surface area contributed by atoms with E-state index in [1.54, 1.807) is 30.3 Å². The molecule has 0 aromatic heterocycles. The first-order chi connectivity index (χ1) is 7.41. The summed E-state index contributed by atoms with van der Waals surface area (Å²) in [6.07, 6.45) is -6.31. The van der Waals surface area contributed by atoms with E-state index < -0.39 is 18.1 Å². The summed E-state index contributed by atoms with van der Waals surface area (Å²) in [7, 11) is 0. The zero-order valence-corrected chi connectivity index (χ0v) is 8.62. The minimum Gasteiger partial charge on any atom is -0.366 e. The Morgan fingerprint density at radius 1 is 1.31 bits per heavy atom. The van der Waals surface area contributed by atoms with Gasteiger partial charge in [0, 0.05) is 0 Å². The molecule has 0 spiro atoms. The third-order valence-corrected chi connectivity index (χ3v) is 1.99. The van der Waals surface area contributed by atoms with Crippen LogP contribution in [0.15, 0.2) is 30.3 Å². The van der Waals surface area contributed by atoms with Crippen LogP contribution in [-0.4, -0.2) is 18.1 Å². The number of hydrogen-bond acceptors (Lipinski definition) is 2. The zero-order chi connectivity index (χ0) is 12.2. The quantitative estimate of drug-likeness (QED) is 0.797. The third kappa shape index (κ3) is 3.66. The SMILES string of the molecule is CC(OCc1ccccc1)C(=O)C(F)(F)F. The molecule has 1 aromatic rings. The number of ketones is 1. The van der Waals surface area contributed by atoms with Crippen molar-refractivity contribution in [2.24, 2.45) is 0 Å². The van der Waals surface area contributed by atoms with E-state index in [1.165, 1.54) is 0 Å². The van der Waals surface area contributed by atoms with E-state index in [4.69, 9.17) is 4.74 Å². The molecule has 88 valence electrons. The van der Waals surface area contributed by atoms with Gasteiger partial charge in [-0.15, -0.1) is 0 Å². The van der Waals surface area contributed by atoms with E-state index in [9.17, 15) is 18.0 Å². The van der Waals surface area contributed by atoms with Crippen LogP contribution in [0.4, 0.5) is 13.2 Å². The Hall–Kier alpha value is -1.36. The molecule has 0 bridgehead atoms. The first-order valence-electron chi connectivity index (χ1n) is 4.68. The minimum absolute atomic E-state index is 0.0101. The lowest BCUT2D eigenvalue weighted by Crippen LogP contribution is -2.34. The van der Waals surface area contributed by atoms with E-state index in [1.807, 2.05) is 0 Å². The van der Waals surface area contributed by atoms with Crippen molar-refractivity contribution in [3.63, 3.8) is 0 Å². The van der Waals surface area contributed by atoms with E-state index >= 15 is 0 Å². The Balaban J connectivity index is 2.48. The zero-order valence-electron chi connectivity index (χ0n) is 8.62. The topological polar surface area (TPSA) is 26.3 Å². The van der Waals surface area contributed by atoms with E-state index in [0.29, 0.717) is 0 Å². The second-order valence-corrected chi connectivity index (χ2v) is 3.30. The summed E-state index contributed by atoms with van der Waals surface area (Å²) in [6.45, 7) is 1.09. The smallest absolute Gasteiger partial charge is 0.366 e. The van der Waals surface area contributed by atoms with Crippen molar-refractivity contribution in [3.05, 3.63) is 35.9 Å². The lowest BCUT2D eigenvalue weighted by molar-refractivity contribution is -0.182. The number of halogens is 3. The summed E-state index contributed by atoms with van der Waals surface area (Å²) in [5.41, 5.74) is 0.726. The summed E-state index contributed by atoms with van der Waals surface area (Å²) in [4.78, 5) is 10.7. The molecule has 1 unspecified atom stereocenters. The van der Waals surface area contributed by atoms with Gasteiger partial charge in [0.1, 0.15) is 6.10 Å². The second kappa shape index (κ2) is 5.12. The van der Waals surface area contributed by atoms with Crippen molar-refractivity contribution in [3.8, 4) is 0 Å². The Morgan fingerprint density at radius 2 is 1.88 bits per heavy atom. The number of carbonyl (C=O) groups is 1. The highest BCUT2D eigenvalue weighted by atomic mass is 19.4. The third-order valence-electron chi connectivity index (χ3n) is 1.99. The highest BCUT2D eigenvalue weighted by molar-refractivity contribution is 5.87. The van der Waals surface area contributed by atoms with Crippen LogP contribution in [0, 0.1) is 0 Å². The van der Waals surface area contributed by atoms with Gasteiger partial charge in [-0.1, -0.05) is 30.3 Å². The van der Waals surface area contributed by atoms with Crippen molar-refractivity contribution in [1.82, 2.24) is 0 Å². The second-order valence-electron chi connectivity index (χ2n) is 3.30. The molecule has 0 N–H and O–H groups in total. The van der Waals surface area contributed by atoms with Crippen molar-refractivity contribution in [1.29, 1.82) is 0 Å². The number of alkyl halides is 3. The first kappa shape index (κ1) is 12.7. The molecule has 0 heterocycles. The molecule has 1 atom stereocenters. The largest absolute Gasteiger partial charge is 0.452 e. The normalized spacial score (nSPS) is 13.5. The summed E-state index contributed by atoms with van der Waals surface area (Å²) in [6, 6.07) is 8.70. The molecule has 5 heteroatoms. The minimum atomic E-state index is -4.84. The average Bonchev–Trinajstić information content (AvgIpc) is 2.25. The maximum absolute atomic E-state index is 12.0. The lowest BCUT2D eigenvalue weighted by Gasteiger charge is -2.13. The van der Waals surface area contributed by atoms with Gasteiger partial charge >= 0.3 is 6.18 Å². The molecule has 0 aliphatic rings. The Bertz CT molecular complexity index is 346. The van der Waals surface area contributed by atoms with Crippen molar-refractivity contribution in [2.75, 3.05) is 0 Å². The van der Waals surface area contributed by atoms with Crippen LogP contribution >= 0.6 is 0 Å². The van der Waals surface area contributed by atoms with Gasteiger partial charge in [0.05, 0.1) is 6.61 Å². The molecular formula is C11H11F3O2. The summed E-state index contributed by atoms with van der Waals surface area (Å²) >= 11 is 0. The molecule has 0 amide bonds. The van der Waals surface area contributed by atoms with Gasteiger partial charge in [0.25, 0.3) is 5.78 Å². The number of carbonyl (C=O) groups excluding carboxylic acids is 1. The highest BCUT2D eigenvalue weighted by Crippen LogP contribution is 2.19. The molecule has 0 aliphatic carbocycles. The van der Waals surface area contributed by atoms with Crippen LogP contribution in [0.25, 0.3) is 0 Å². The molecule has 0 aliphatic heterocycles. The maximum Gasteiger partial charge on any atom is 0.452 e. The highest BCUT2D eigenvalue weighted by Gasteiger charge is 2.42. The molecule has 1 aromatic carbocycles. The fourth-order valence-corrected chi connectivity index (χ4v) is 1.10. The molecule has 0 saturated carbocycles. The van der Waals surface area contributed by atoms with Gasteiger partial charge in [0.15, 0.2) is 0 Å². The van der Waals surface area contributed by atoms with Crippen LogP contribution in [0.5, 0.6) is 0 Å². The van der Waals surface area contributed by atoms with Crippen molar-refractivity contribution >= 4 is 5.78 Å². The molecular weight excluding hydrogens is 221 g/mol. The standard InChI is InChI=1S/C11H11F3O2/c1-8(10(15)11(12,13)14)16-7-9-5-3-2-4-6-9/h2-6,8H,7H2,1H3. The van der Waals surface area contributed by atoms with Gasteiger partial charge in [-0.25, -0.2) is 0 Å². The molecule has 0 saturated heterocycles. The number of hydrogen-bond donors (Lipinski definition) is 0. The Labute approximate surface area is 91.0 Å². The number of Topliss-reactive ketones (excluding diaryl/α,β-unsaturated/α-hetero) is 1. The van der Waals surface area contributed by atoms with Crippen molar-refractivity contribution in [2.45, 2.75) is 25.8 Å². The Kier molecular flexibility index (Phi) is 4.06.